The number of rotatable bonds is 17. The lowest BCUT2D eigenvalue weighted by Crippen LogP contribution is -2.66. The molecule has 0 bridgehead atoms. The molecule has 26 nitrogen and oxygen atoms in total. The third-order valence-corrected chi connectivity index (χ3v) is 19.7. The molecule has 0 aromatic rings. The standard InChI is InChI=1S/C54H86O26/c1-20(13-30(59)22(3)27-9-10-28-26-8-7-24-14-25(73-49-43(68)39(64)36(61)31(16-55)74-49)15-35(60)54(24,6)29(26)11-12-53(27,28)5)21(2)48(71)80-52-47(41(66)38(63)34(77-52)19-72-23(4)58)79-51-45(70)42(67)46(33(18-57)76-51)78-50-44(69)40(65)37(62)32(17-56)75-50/h7,22,25-47,49-52,55-57,59-70H,8-19H2,1-6H3. The van der Waals surface area contributed by atoms with Crippen molar-refractivity contribution in [1.29, 1.82) is 0 Å². The van der Waals surface area contributed by atoms with E-state index in [0.29, 0.717) is 12.0 Å². The quantitative estimate of drug-likeness (QED) is 0.0375. The first-order chi connectivity index (χ1) is 37.7. The lowest BCUT2D eigenvalue weighted by atomic mass is 9.46. The van der Waals surface area contributed by atoms with E-state index in [1.165, 1.54) is 6.92 Å². The molecule has 4 aliphatic heterocycles. The largest absolute Gasteiger partial charge is 0.463 e. The Morgan fingerprint density at radius 3 is 1.75 bits per heavy atom. The summed E-state index contributed by atoms with van der Waals surface area (Å²) in [5.74, 6) is -1.20. The highest BCUT2D eigenvalue weighted by atomic mass is 16.8. The molecule has 7 fully saturated rings. The Bertz CT molecular complexity index is 2180. The number of carbonyl (C=O) groups is 2. The van der Waals surface area contributed by atoms with Gasteiger partial charge in [-0.1, -0.05) is 38.0 Å². The summed E-state index contributed by atoms with van der Waals surface area (Å²) < 4.78 is 51.0. The summed E-state index contributed by atoms with van der Waals surface area (Å²) in [4.78, 5) is 25.8. The molecule has 30 atom stereocenters. The zero-order valence-electron chi connectivity index (χ0n) is 45.9. The van der Waals surface area contributed by atoms with E-state index >= 15 is 0 Å². The van der Waals surface area contributed by atoms with Gasteiger partial charge in [-0.15, -0.1) is 0 Å². The van der Waals surface area contributed by atoms with Gasteiger partial charge in [0.05, 0.1) is 38.1 Å². The van der Waals surface area contributed by atoms with Gasteiger partial charge in [-0.25, -0.2) is 4.79 Å². The fourth-order valence-electron chi connectivity index (χ4n) is 14.7. The summed E-state index contributed by atoms with van der Waals surface area (Å²) in [6.45, 7) is 7.70. The van der Waals surface area contributed by atoms with Crippen LogP contribution in [0.25, 0.3) is 0 Å². The van der Waals surface area contributed by atoms with Crippen molar-refractivity contribution in [2.24, 2.45) is 40.4 Å². The van der Waals surface area contributed by atoms with Crippen LogP contribution < -0.4 is 0 Å². The molecule has 4 heterocycles. The van der Waals surface area contributed by atoms with Crippen molar-refractivity contribution >= 4 is 11.9 Å². The van der Waals surface area contributed by atoms with Gasteiger partial charge in [0.25, 0.3) is 0 Å². The van der Waals surface area contributed by atoms with E-state index in [0.717, 1.165) is 44.6 Å². The lowest BCUT2D eigenvalue weighted by Gasteiger charge is -2.60. The van der Waals surface area contributed by atoms with E-state index in [-0.39, 0.29) is 53.4 Å². The predicted molar refractivity (Wildman–Crippen MR) is 268 cm³/mol. The highest BCUT2D eigenvalue weighted by Gasteiger charge is 2.62. The zero-order valence-corrected chi connectivity index (χ0v) is 45.9. The first kappa shape index (κ1) is 63.6. The van der Waals surface area contributed by atoms with Crippen molar-refractivity contribution in [3.05, 3.63) is 22.8 Å². The average molecular weight is 1150 g/mol. The van der Waals surface area contributed by atoms with E-state index in [1.807, 2.05) is 6.92 Å². The van der Waals surface area contributed by atoms with Gasteiger partial charge in [0.1, 0.15) is 98.2 Å². The molecule has 0 spiro atoms. The summed E-state index contributed by atoms with van der Waals surface area (Å²) in [6.07, 6.45) is -29.5. The second-order valence-electron chi connectivity index (χ2n) is 24.1. The van der Waals surface area contributed by atoms with Crippen LogP contribution in [0, 0.1) is 40.4 Å². The topological polar surface area (TPSA) is 421 Å². The molecule has 0 amide bonds. The molecule has 0 aromatic heterocycles. The van der Waals surface area contributed by atoms with Gasteiger partial charge < -0.3 is 119 Å². The third kappa shape index (κ3) is 12.1. The number of hydrogen-bond acceptors (Lipinski definition) is 26. The minimum Gasteiger partial charge on any atom is -0.463 e. The van der Waals surface area contributed by atoms with Gasteiger partial charge in [-0.05, 0) is 93.8 Å². The molecule has 8 aliphatic rings. The molecule has 80 heavy (non-hydrogen) atoms. The average Bonchev–Trinajstić information content (AvgIpc) is 3.83. The molecule has 458 valence electrons. The molecule has 4 saturated heterocycles. The molecular formula is C54H86O26. The monoisotopic (exact) mass is 1150 g/mol. The molecule has 15 N–H and O–H groups in total. The van der Waals surface area contributed by atoms with Crippen LogP contribution in [-0.4, -0.2) is 256 Å². The predicted octanol–water partition coefficient (Wildman–Crippen LogP) is -3.99. The Kier molecular flexibility index (Phi) is 20.4. The fourth-order valence-corrected chi connectivity index (χ4v) is 14.7. The molecule has 26 heteroatoms. The maximum absolute atomic E-state index is 14.1. The Balaban J connectivity index is 0.913. The van der Waals surface area contributed by atoms with Crippen LogP contribution in [0.1, 0.15) is 92.9 Å². The molecule has 0 aromatic carbocycles. The van der Waals surface area contributed by atoms with Crippen molar-refractivity contribution in [1.82, 2.24) is 0 Å². The minimum atomic E-state index is -2.10. The van der Waals surface area contributed by atoms with E-state index in [9.17, 15) is 86.2 Å². The van der Waals surface area contributed by atoms with Crippen LogP contribution in [0.3, 0.4) is 0 Å². The van der Waals surface area contributed by atoms with Gasteiger partial charge in [-0.2, -0.15) is 0 Å². The van der Waals surface area contributed by atoms with Gasteiger partial charge in [0.15, 0.2) is 25.0 Å². The lowest BCUT2D eigenvalue weighted by molar-refractivity contribution is -0.381. The molecular weight excluding hydrogens is 1060 g/mol. The summed E-state index contributed by atoms with van der Waals surface area (Å²) in [5.41, 5.74) is 0.850. The van der Waals surface area contributed by atoms with Crippen LogP contribution in [0.5, 0.6) is 0 Å². The Morgan fingerprint density at radius 1 is 0.637 bits per heavy atom. The van der Waals surface area contributed by atoms with Crippen molar-refractivity contribution < 1.29 is 129 Å². The van der Waals surface area contributed by atoms with Crippen LogP contribution in [0.15, 0.2) is 22.8 Å². The van der Waals surface area contributed by atoms with Gasteiger partial charge in [0.2, 0.25) is 6.29 Å². The van der Waals surface area contributed by atoms with Crippen LogP contribution in [0.4, 0.5) is 0 Å². The number of esters is 2. The summed E-state index contributed by atoms with van der Waals surface area (Å²) >= 11 is 0. The van der Waals surface area contributed by atoms with Gasteiger partial charge >= 0.3 is 11.9 Å². The Hall–Kier alpha value is -2.46. The highest BCUT2D eigenvalue weighted by Crippen LogP contribution is 2.67. The third-order valence-electron chi connectivity index (χ3n) is 19.7. The number of aliphatic hydroxyl groups is 15. The molecule has 3 saturated carbocycles. The molecule has 30 unspecified atom stereocenters. The van der Waals surface area contributed by atoms with Crippen LogP contribution in [-0.2, 0) is 52.2 Å². The van der Waals surface area contributed by atoms with Crippen molar-refractivity contribution in [2.45, 2.75) is 234 Å². The summed E-state index contributed by atoms with van der Waals surface area (Å²) in [7, 11) is 0. The first-order valence-corrected chi connectivity index (χ1v) is 28.0. The Labute approximate surface area is 463 Å². The minimum absolute atomic E-state index is 0.0505. The van der Waals surface area contributed by atoms with E-state index in [1.54, 1.807) is 6.92 Å². The zero-order chi connectivity index (χ0) is 58.6. The van der Waals surface area contributed by atoms with Crippen molar-refractivity contribution in [3.8, 4) is 0 Å². The van der Waals surface area contributed by atoms with E-state index in [2.05, 4.69) is 19.9 Å². The highest BCUT2D eigenvalue weighted by molar-refractivity contribution is 5.88. The SMILES string of the molecule is CC(=O)OCC1OC(OC(=O)C(C)=C(C)CC(O)C(C)C2CCC3C4CC=C5CC(OC6OC(CO)C(O)C(O)C6O)CC(O)C5(C)C4CCC23C)C(OC2OC(CO)C(OC3OC(CO)C(O)C(O)C3O)C(O)C2O)C(O)C1O. The number of hydrogen-bond donors (Lipinski definition) is 15. The van der Waals surface area contributed by atoms with Crippen molar-refractivity contribution in [3.63, 3.8) is 0 Å². The van der Waals surface area contributed by atoms with Gasteiger partial charge in [-0.3, -0.25) is 4.79 Å². The van der Waals surface area contributed by atoms with Crippen LogP contribution >= 0.6 is 0 Å². The summed E-state index contributed by atoms with van der Waals surface area (Å²) in [6, 6.07) is 0. The first-order valence-electron chi connectivity index (χ1n) is 28.0. The molecule has 0 radical (unpaired) electrons. The number of carbonyl (C=O) groups excluding carboxylic acids is 2. The Morgan fingerprint density at radius 2 is 1.16 bits per heavy atom. The van der Waals surface area contributed by atoms with Crippen LogP contribution in [0.2, 0.25) is 0 Å². The molecule has 8 rings (SSSR count). The number of aliphatic hydroxyl groups excluding tert-OH is 15. The fraction of sp³-hybridized carbons (Fsp3) is 0.889. The second kappa shape index (κ2) is 25.6. The summed E-state index contributed by atoms with van der Waals surface area (Å²) in [5, 5.41) is 161. The normalized spacial score (nSPS) is 48.8. The van der Waals surface area contributed by atoms with Gasteiger partial charge in [0, 0.05) is 24.3 Å². The maximum atomic E-state index is 14.1. The number of allylic oxidation sites excluding steroid dienone is 1. The second-order valence-corrected chi connectivity index (χ2v) is 24.1. The van der Waals surface area contributed by atoms with Crippen molar-refractivity contribution in [2.75, 3.05) is 26.4 Å². The molecule has 4 aliphatic carbocycles. The number of ether oxygens (including phenoxy) is 9. The maximum Gasteiger partial charge on any atom is 0.336 e. The number of fused-ring (bicyclic) bond motifs is 5. The smallest absolute Gasteiger partial charge is 0.336 e. The van der Waals surface area contributed by atoms with E-state index in [4.69, 9.17) is 42.6 Å². The van der Waals surface area contributed by atoms with E-state index < -0.39 is 185 Å².